The van der Waals surface area contributed by atoms with E-state index >= 15 is 0 Å². The van der Waals surface area contributed by atoms with Crippen molar-refractivity contribution in [3.63, 3.8) is 0 Å². The van der Waals surface area contributed by atoms with Gasteiger partial charge in [-0.1, -0.05) is 0 Å². The number of carbonyl (C=O) groups excluding carboxylic acids is 1. The summed E-state index contributed by atoms with van der Waals surface area (Å²) in [6, 6.07) is 1.76. The topological polar surface area (TPSA) is 54.0 Å². The molecule has 0 aliphatic carbocycles. The van der Waals surface area contributed by atoms with Gasteiger partial charge in [0.1, 0.15) is 5.82 Å². The van der Waals surface area contributed by atoms with Crippen LogP contribution in [0.2, 0.25) is 0 Å². The van der Waals surface area contributed by atoms with Gasteiger partial charge in [-0.3, -0.25) is 9.78 Å². The molecule has 108 valence electrons. The van der Waals surface area contributed by atoms with E-state index in [4.69, 9.17) is 0 Å². The Labute approximate surface area is 124 Å². The van der Waals surface area contributed by atoms with Crippen LogP contribution in [0.4, 0.5) is 4.39 Å². The van der Waals surface area contributed by atoms with Gasteiger partial charge in [-0.2, -0.15) is 0 Å². The highest BCUT2D eigenvalue weighted by Gasteiger charge is 2.20. The van der Waals surface area contributed by atoms with Crippen molar-refractivity contribution in [1.29, 1.82) is 0 Å². The van der Waals surface area contributed by atoms with E-state index in [1.165, 1.54) is 12.3 Å². The van der Waals surface area contributed by atoms with Crippen molar-refractivity contribution in [3.05, 3.63) is 29.8 Å². The lowest BCUT2D eigenvalue weighted by molar-refractivity contribution is 0.0925. The molecule has 1 fully saturated rings. The van der Waals surface area contributed by atoms with Gasteiger partial charge in [0.05, 0.1) is 11.8 Å². The molecule has 7 heteroatoms. The molecule has 2 unspecified atom stereocenters. The molecular formula is C12H18Cl2FN3O. The Kier molecular flexibility index (Phi) is 7.90. The maximum Gasteiger partial charge on any atom is 0.253 e. The zero-order valence-electron chi connectivity index (χ0n) is 10.6. The molecular weight excluding hydrogens is 292 g/mol. The van der Waals surface area contributed by atoms with Gasteiger partial charge in [-0.15, -0.1) is 24.8 Å². The minimum atomic E-state index is -0.490. The number of aromatic nitrogens is 1. The Balaban J connectivity index is 0.00000162. The number of rotatable bonds is 2. The highest BCUT2D eigenvalue weighted by atomic mass is 35.5. The third kappa shape index (κ3) is 5.30. The predicted octanol–water partition coefficient (Wildman–Crippen LogP) is 1.93. The van der Waals surface area contributed by atoms with Gasteiger partial charge in [-0.25, -0.2) is 4.39 Å². The average Bonchev–Trinajstić information content (AvgIpc) is 2.29. The Morgan fingerprint density at radius 2 is 2.21 bits per heavy atom. The van der Waals surface area contributed by atoms with Crippen molar-refractivity contribution in [1.82, 2.24) is 15.6 Å². The number of halogens is 3. The fourth-order valence-electron chi connectivity index (χ4n) is 2.07. The van der Waals surface area contributed by atoms with E-state index in [0.717, 1.165) is 25.6 Å². The first kappa shape index (κ1) is 18.1. The quantitative estimate of drug-likeness (QED) is 0.878. The summed E-state index contributed by atoms with van der Waals surface area (Å²) >= 11 is 0. The fourth-order valence-corrected chi connectivity index (χ4v) is 2.07. The van der Waals surface area contributed by atoms with Gasteiger partial charge < -0.3 is 10.6 Å². The fraction of sp³-hybridized carbons (Fsp3) is 0.500. The van der Waals surface area contributed by atoms with Gasteiger partial charge in [0.2, 0.25) is 0 Å². The summed E-state index contributed by atoms with van der Waals surface area (Å²) in [6.07, 6.45) is 4.26. The Morgan fingerprint density at radius 1 is 1.47 bits per heavy atom. The van der Waals surface area contributed by atoms with E-state index in [1.54, 1.807) is 0 Å². The Morgan fingerprint density at radius 3 is 2.84 bits per heavy atom. The van der Waals surface area contributed by atoms with Gasteiger partial charge in [-0.05, 0) is 32.4 Å². The largest absolute Gasteiger partial charge is 0.349 e. The maximum atomic E-state index is 12.9. The SMILES string of the molecule is CC1CC(NC(=O)c2cncc(F)c2)CCN1.Cl.Cl. The van der Waals surface area contributed by atoms with Crippen molar-refractivity contribution in [2.75, 3.05) is 6.54 Å². The molecule has 1 amide bonds. The molecule has 4 nitrogen and oxygen atoms in total. The van der Waals surface area contributed by atoms with Crippen LogP contribution in [0.15, 0.2) is 18.5 Å². The van der Waals surface area contributed by atoms with Crippen LogP contribution in [0, 0.1) is 5.82 Å². The van der Waals surface area contributed by atoms with Crippen LogP contribution < -0.4 is 10.6 Å². The zero-order valence-corrected chi connectivity index (χ0v) is 12.2. The molecule has 1 saturated heterocycles. The lowest BCUT2D eigenvalue weighted by Gasteiger charge is -2.28. The molecule has 0 aromatic carbocycles. The number of piperidine rings is 1. The van der Waals surface area contributed by atoms with E-state index in [-0.39, 0.29) is 42.3 Å². The lowest BCUT2D eigenvalue weighted by atomic mass is 10.0. The second kappa shape index (κ2) is 8.30. The lowest BCUT2D eigenvalue weighted by Crippen LogP contribution is -2.46. The van der Waals surface area contributed by atoms with Gasteiger partial charge >= 0.3 is 0 Å². The summed E-state index contributed by atoms with van der Waals surface area (Å²) < 4.78 is 12.9. The van der Waals surface area contributed by atoms with E-state index in [9.17, 15) is 9.18 Å². The summed E-state index contributed by atoms with van der Waals surface area (Å²) in [4.78, 5) is 15.5. The van der Waals surface area contributed by atoms with Gasteiger partial charge in [0.15, 0.2) is 0 Å². The first-order valence-electron chi connectivity index (χ1n) is 5.80. The van der Waals surface area contributed by atoms with Crippen molar-refractivity contribution in [2.24, 2.45) is 0 Å². The van der Waals surface area contributed by atoms with E-state index in [1.807, 2.05) is 0 Å². The number of hydrogen-bond donors (Lipinski definition) is 2. The third-order valence-electron chi connectivity index (χ3n) is 2.93. The van der Waals surface area contributed by atoms with Crippen LogP contribution >= 0.6 is 24.8 Å². The number of pyridine rings is 1. The van der Waals surface area contributed by atoms with Crippen LogP contribution in [0.5, 0.6) is 0 Å². The normalized spacial score (nSPS) is 21.8. The third-order valence-corrected chi connectivity index (χ3v) is 2.93. The average molecular weight is 310 g/mol. The second-order valence-corrected chi connectivity index (χ2v) is 4.44. The maximum absolute atomic E-state index is 12.9. The molecule has 1 aromatic rings. The summed E-state index contributed by atoms with van der Waals surface area (Å²) in [5, 5.41) is 6.22. The van der Waals surface area contributed by atoms with E-state index < -0.39 is 5.82 Å². The predicted molar refractivity (Wildman–Crippen MR) is 76.6 cm³/mol. The van der Waals surface area contributed by atoms with Crippen molar-refractivity contribution in [3.8, 4) is 0 Å². The highest BCUT2D eigenvalue weighted by Crippen LogP contribution is 2.09. The Bertz CT molecular complexity index is 420. The number of amides is 1. The number of nitrogens with one attached hydrogen (secondary N) is 2. The second-order valence-electron chi connectivity index (χ2n) is 4.44. The van der Waals surface area contributed by atoms with Gasteiger partial charge in [0, 0.05) is 18.3 Å². The van der Waals surface area contributed by atoms with E-state index in [0.29, 0.717) is 6.04 Å². The molecule has 2 rings (SSSR count). The minimum absolute atomic E-state index is 0. The first-order valence-corrected chi connectivity index (χ1v) is 5.80. The van der Waals surface area contributed by atoms with Crippen LogP contribution in [-0.2, 0) is 0 Å². The molecule has 1 aliphatic heterocycles. The van der Waals surface area contributed by atoms with Crippen LogP contribution in [0.25, 0.3) is 0 Å². The number of carbonyl (C=O) groups is 1. The summed E-state index contributed by atoms with van der Waals surface area (Å²) in [7, 11) is 0. The monoisotopic (exact) mass is 309 g/mol. The zero-order chi connectivity index (χ0) is 12.3. The number of hydrogen-bond acceptors (Lipinski definition) is 3. The standard InChI is InChI=1S/C12H16FN3O.2ClH/c1-8-4-11(2-3-15-8)16-12(17)9-5-10(13)7-14-6-9;;/h5-8,11,15H,2-4H2,1H3,(H,16,17);2*1H. The molecule has 19 heavy (non-hydrogen) atoms. The van der Waals surface area contributed by atoms with Crippen LogP contribution in [-0.4, -0.2) is 29.5 Å². The molecule has 0 saturated carbocycles. The molecule has 0 radical (unpaired) electrons. The molecule has 0 bridgehead atoms. The van der Waals surface area contributed by atoms with Crippen LogP contribution in [0.3, 0.4) is 0 Å². The van der Waals surface area contributed by atoms with Crippen molar-refractivity contribution < 1.29 is 9.18 Å². The molecule has 1 aromatic heterocycles. The molecule has 2 N–H and O–H groups in total. The number of nitrogens with zero attached hydrogens (tertiary/aromatic N) is 1. The first-order chi connectivity index (χ1) is 8.15. The summed E-state index contributed by atoms with van der Waals surface area (Å²) in [6.45, 7) is 2.98. The van der Waals surface area contributed by atoms with Crippen molar-refractivity contribution >= 4 is 30.7 Å². The molecule has 2 heterocycles. The van der Waals surface area contributed by atoms with Crippen molar-refractivity contribution in [2.45, 2.75) is 31.8 Å². The summed E-state index contributed by atoms with van der Waals surface area (Å²) in [5.74, 6) is -0.743. The van der Waals surface area contributed by atoms with E-state index in [2.05, 4.69) is 22.5 Å². The molecule has 0 spiro atoms. The summed E-state index contributed by atoms with van der Waals surface area (Å²) in [5.41, 5.74) is 0.274. The molecule has 2 atom stereocenters. The highest BCUT2D eigenvalue weighted by molar-refractivity contribution is 5.94. The van der Waals surface area contributed by atoms with Crippen LogP contribution in [0.1, 0.15) is 30.1 Å². The Hall–Kier alpha value is -0.910. The molecule has 1 aliphatic rings. The smallest absolute Gasteiger partial charge is 0.253 e. The minimum Gasteiger partial charge on any atom is -0.349 e. The van der Waals surface area contributed by atoms with Gasteiger partial charge in [0.25, 0.3) is 5.91 Å².